The number of benzene rings is 2. The minimum absolute atomic E-state index is 0.140. The minimum atomic E-state index is -4.50. The van der Waals surface area contributed by atoms with Crippen LogP contribution in [-0.2, 0) is 22.1 Å². The van der Waals surface area contributed by atoms with Crippen LogP contribution in [-0.4, -0.2) is 20.6 Å². The summed E-state index contributed by atoms with van der Waals surface area (Å²) < 4.78 is 54.7. The Labute approximate surface area is 182 Å². The number of carbonyl (C=O) groups excluding carboxylic acids is 1. The summed E-state index contributed by atoms with van der Waals surface area (Å²) in [5, 5.41) is 13.4. The number of anilines is 1. The summed E-state index contributed by atoms with van der Waals surface area (Å²) in [6.07, 6.45) is -2.44. The highest BCUT2D eigenvalue weighted by Crippen LogP contribution is 2.44. The first-order valence-electron chi connectivity index (χ1n) is 10.3. The van der Waals surface area contributed by atoms with Gasteiger partial charge in [-0.05, 0) is 69.0 Å². The number of aliphatic hydroxyl groups is 1. The van der Waals surface area contributed by atoms with Gasteiger partial charge in [-0.3, -0.25) is 10.1 Å². The number of aromatic nitrogens is 2. The predicted molar refractivity (Wildman–Crippen MR) is 111 cm³/mol. The highest BCUT2D eigenvalue weighted by Gasteiger charge is 2.39. The third kappa shape index (κ3) is 4.09. The molecule has 0 saturated heterocycles. The number of hydrogen-bond acceptors (Lipinski definition) is 3. The van der Waals surface area contributed by atoms with Crippen LogP contribution >= 0.6 is 0 Å². The third-order valence-electron chi connectivity index (χ3n) is 6.17. The van der Waals surface area contributed by atoms with Crippen LogP contribution in [0.15, 0.2) is 42.5 Å². The van der Waals surface area contributed by atoms with Crippen molar-refractivity contribution in [3.8, 4) is 0 Å². The van der Waals surface area contributed by atoms with Crippen LogP contribution in [0.4, 0.5) is 23.5 Å². The zero-order chi connectivity index (χ0) is 23.3. The van der Waals surface area contributed by atoms with Crippen molar-refractivity contribution in [2.75, 3.05) is 5.32 Å². The second-order valence-electron chi connectivity index (χ2n) is 8.83. The maximum Gasteiger partial charge on any atom is 0.416 e. The van der Waals surface area contributed by atoms with E-state index < -0.39 is 34.6 Å². The van der Waals surface area contributed by atoms with Gasteiger partial charge in [-0.2, -0.15) is 13.2 Å². The van der Waals surface area contributed by atoms with Gasteiger partial charge in [0.25, 0.3) is 0 Å². The number of amides is 1. The molecule has 0 aliphatic heterocycles. The van der Waals surface area contributed by atoms with E-state index in [0.717, 1.165) is 31.4 Å². The SMILES string of the molecule is CC1(n2c(NC(=O)C[C@](C)(O)c3ccc(F)cc3)nc3ccc(C(F)(F)F)cc32)CCC1. The Kier molecular flexibility index (Phi) is 5.27. The van der Waals surface area contributed by atoms with Crippen molar-refractivity contribution >= 4 is 22.9 Å². The zero-order valence-corrected chi connectivity index (χ0v) is 17.6. The van der Waals surface area contributed by atoms with Gasteiger partial charge in [0, 0.05) is 5.54 Å². The molecule has 4 rings (SSSR count). The molecule has 1 aliphatic carbocycles. The summed E-state index contributed by atoms with van der Waals surface area (Å²) in [4.78, 5) is 17.1. The van der Waals surface area contributed by atoms with Crippen LogP contribution in [0.25, 0.3) is 11.0 Å². The third-order valence-corrected chi connectivity index (χ3v) is 6.17. The smallest absolute Gasteiger partial charge is 0.385 e. The molecule has 1 aliphatic rings. The second kappa shape index (κ2) is 7.58. The number of fused-ring (bicyclic) bond motifs is 1. The minimum Gasteiger partial charge on any atom is -0.385 e. The fraction of sp³-hybridized carbons (Fsp3) is 0.391. The van der Waals surface area contributed by atoms with E-state index in [4.69, 9.17) is 0 Å². The Hall–Kier alpha value is -2.94. The van der Waals surface area contributed by atoms with Crippen LogP contribution in [0.2, 0.25) is 0 Å². The molecule has 0 radical (unpaired) electrons. The van der Waals surface area contributed by atoms with Gasteiger partial charge in [-0.25, -0.2) is 9.37 Å². The van der Waals surface area contributed by atoms with Gasteiger partial charge in [0.2, 0.25) is 11.9 Å². The van der Waals surface area contributed by atoms with Crippen molar-refractivity contribution in [3.63, 3.8) is 0 Å². The second-order valence-corrected chi connectivity index (χ2v) is 8.83. The molecule has 1 atom stereocenters. The van der Waals surface area contributed by atoms with Crippen molar-refractivity contribution in [2.24, 2.45) is 0 Å². The van der Waals surface area contributed by atoms with E-state index in [1.165, 1.54) is 37.3 Å². The molecule has 2 N–H and O–H groups in total. The molecule has 1 saturated carbocycles. The van der Waals surface area contributed by atoms with Crippen LogP contribution < -0.4 is 5.32 Å². The number of halogens is 4. The average molecular weight is 449 g/mol. The van der Waals surface area contributed by atoms with Gasteiger partial charge in [0.15, 0.2) is 0 Å². The zero-order valence-electron chi connectivity index (χ0n) is 17.6. The molecule has 3 aromatic rings. The van der Waals surface area contributed by atoms with Gasteiger partial charge < -0.3 is 9.67 Å². The first kappa shape index (κ1) is 22.3. The molecule has 0 unspecified atom stereocenters. The quantitative estimate of drug-likeness (QED) is 0.518. The van der Waals surface area contributed by atoms with Crippen molar-refractivity contribution in [2.45, 2.75) is 56.8 Å². The van der Waals surface area contributed by atoms with E-state index in [1.54, 1.807) is 4.57 Å². The summed E-state index contributed by atoms with van der Waals surface area (Å²) in [6, 6.07) is 8.48. The summed E-state index contributed by atoms with van der Waals surface area (Å²) in [6.45, 7) is 3.36. The van der Waals surface area contributed by atoms with Crippen molar-refractivity contribution in [3.05, 3.63) is 59.4 Å². The van der Waals surface area contributed by atoms with Crippen LogP contribution in [0.3, 0.4) is 0 Å². The topological polar surface area (TPSA) is 67.2 Å². The lowest BCUT2D eigenvalue weighted by Gasteiger charge is -2.41. The Balaban J connectivity index is 1.67. The number of nitrogens with one attached hydrogen (secondary N) is 1. The fourth-order valence-corrected chi connectivity index (χ4v) is 4.19. The molecule has 1 fully saturated rings. The van der Waals surface area contributed by atoms with Crippen LogP contribution in [0.1, 0.15) is 50.7 Å². The Bertz CT molecular complexity index is 1160. The molecule has 9 heteroatoms. The van der Waals surface area contributed by atoms with Crippen molar-refractivity contribution < 1.29 is 27.5 Å². The van der Waals surface area contributed by atoms with Gasteiger partial charge in [-0.15, -0.1) is 0 Å². The molecule has 0 spiro atoms. The normalized spacial score (nSPS) is 17.6. The predicted octanol–water partition coefficient (Wildman–Crippen LogP) is 5.33. The van der Waals surface area contributed by atoms with E-state index in [-0.39, 0.29) is 12.4 Å². The van der Waals surface area contributed by atoms with E-state index in [1.807, 2.05) is 6.92 Å². The van der Waals surface area contributed by atoms with Crippen LogP contribution in [0, 0.1) is 5.82 Å². The maximum absolute atomic E-state index is 13.3. The first-order valence-corrected chi connectivity index (χ1v) is 10.3. The van der Waals surface area contributed by atoms with Gasteiger partial charge in [0.1, 0.15) is 5.82 Å². The number of alkyl halides is 3. The van der Waals surface area contributed by atoms with E-state index in [9.17, 15) is 27.5 Å². The van der Waals surface area contributed by atoms with Gasteiger partial charge in [-0.1, -0.05) is 12.1 Å². The number of carbonyl (C=O) groups is 1. The van der Waals surface area contributed by atoms with E-state index in [0.29, 0.717) is 16.6 Å². The molecule has 0 bridgehead atoms. The molecule has 1 amide bonds. The standard InChI is InChI=1S/C23H23F4N3O2/c1-21(10-3-11-21)30-18-12-15(23(25,26)27)6-9-17(18)28-20(30)29-19(31)13-22(2,32)14-4-7-16(24)8-5-14/h4-9,12,32H,3,10-11,13H2,1-2H3,(H,28,29,31)/t22-/m0/s1. The lowest BCUT2D eigenvalue weighted by molar-refractivity contribution is -0.137. The lowest BCUT2D eigenvalue weighted by atomic mass is 9.78. The summed E-state index contributed by atoms with van der Waals surface area (Å²) in [5.41, 5.74) is -1.83. The molecule has 32 heavy (non-hydrogen) atoms. The fourth-order valence-electron chi connectivity index (χ4n) is 4.19. The first-order chi connectivity index (χ1) is 14.9. The van der Waals surface area contributed by atoms with Crippen molar-refractivity contribution in [1.29, 1.82) is 0 Å². The highest BCUT2D eigenvalue weighted by molar-refractivity contribution is 5.92. The van der Waals surface area contributed by atoms with E-state index in [2.05, 4.69) is 10.3 Å². The van der Waals surface area contributed by atoms with E-state index >= 15 is 0 Å². The summed E-state index contributed by atoms with van der Waals surface area (Å²) in [5.74, 6) is -0.883. The van der Waals surface area contributed by atoms with Gasteiger partial charge in [0.05, 0.1) is 28.6 Å². The van der Waals surface area contributed by atoms with Gasteiger partial charge >= 0.3 is 6.18 Å². The summed E-state index contributed by atoms with van der Waals surface area (Å²) >= 11 is 0. The molecular weight excluding hydrogens is 426 g/mol. The monoisotopic (exact) mass is 449 g/mol. The highest BCUT2D eigenvalue weighted by atomic mass is 19.4. The lowest BCUT2D eigenvalue weighted by Crippen LogP contribution is -2.39. The average Bonchev–Trinajstić information content (AvgIpc) is 3.02. The number of hydrogen-bond donors (Lipinski definition) is 2. The van der Waals surface area contributed by atoms with Crippen LogP contribution in [0.5, 0.6) is 0 Å². The maximum atomic E-state index is 13.3. The van der Waals surface area contributed by atoms with Crippen molar-refractivity contribution in [1.82, 2.24) is 9.55 Å². The Morgan fingerprint density at radius 2 is 1.78 bits per heavy atom. The largest absolute Gasteiger partial charge is 0.416 e. The Morgan fingerprint density at radius 3 is 2.34 bits per heavy atom. The molecule has 2 aromatic carbocycles. The molecule has 1 aromatic heterocycles. The molecule has 170 valence electrons. The molecule has 5 nitrogen and oxygen atoms in total. The Morgan fingerprint density at radius 1 is 1.16 bits per heavy atom. The number of nitrogens with zero attached hydrogens (tertiary/aromatic N) is 2. The number of imidazole rings is 1. The molecule has 1 heterocycles. The molecular formula is C23H23F4N3O2. The summed E-state index contributed by atoms with van der Waals surface area (Å²) in [7, 11) is 0. The number of rotatable bonds is 5.